The Balaban J connectivity index is 1.74. The molecule has 1 unspecified atom stereocenters. The number of fused-ring (bicyclic) bond motifs is 1. The van der Waals surface area contributed by atoms with E-state index >= 15 is 0 Å². The maximum absolute atomic E-state index is 13.1. The lowest BCUT2D eigenvalue weighted by Gasteiger charge is -2.17. The van der Waals surface area contributed by atoms with Crippen LogP contribution in [0.1, 0.15) is 25.5 Å². The highest BCUT2D eigenvalue weighted by Gasteiger charge is 2.28. The zero-order valence-electron chi connectivity index (χ0n) is 22.2. The van der Waals surface area contributed by atoms with Gasteiger partial charge in [0.1, 0.15) is 22.7 Å². The third-order valence-electron chi connectivity index (χ3n) is 5.90. The van der Waals surface area contributed by atoms with Crippen molar-refractivity contribution in [2.45, 2.75) is 35.9 Å². The summed E-state index contributed by atoms with van der Waals surface area (Å²) in [6.07, 6.45) is -4.57. The smallest absolute Gasteiger partial charge is 0.405 e. The van der Waals surface area contributed by atoms with E-state index in [1.165, 1.54) is 54.6 Å². The van der Waals surface area contributed by atoms with Crippen LogP contribution in [0.5, 0.6) is 5.75 Å². The van der Waals surface area contributed by atoms with Gasteiger partial charge in [0.05, 0.1) is 28.8 Å². The van der Waals surface area contributed by atoms with Crippen LogP contribution in [-0.2, 0) is 20.0 Å². The van der Waals surface area contributed by atoms with Crippen LogP contribution in [0.4, 0.5) is 24.9 Å². The Morgan fingerprint density at radius 1 is 0.929 bits per heavy atom. The molecule has 42 heavy (non-hydrogen) atoms. The fourth-order valence-electron chi connectivity index (χ4n) is 3.93. The van der Waals surface area contributed by atoms with E-state index < -0.39 is 38.8 Å². The second-order valence-electron chi connectivity index (χ2n) is 9.05. The molecule has 224 valence electrons. The van der Waals surface area contributed by atoms with E-state index in [4.69, 9.17) is 15.0 Å². The highest BCUT2D eigenvalue weighted by molar-refractivity contribution is 7.89. The minimum absolute atomic E-state index is 0.00139. The van der Waals surface area contributed by atoms with Crippen LogP contribution in [-0.4, -0.2) is 51.1 Å². The third kappa shape index (κ3) is 7.41. The number of rotatable bonds is 10. The van der Waals surface area contributed by atoms with Crippen molar-refractivity contribution in [3.63, 3.8) is 0 Å². The van der Waals surface area contributed by atoms with Gasteiger partial charge in [-0.1, -0.05) is 12.1 Å². The number of halogens is 3. The molecule has 0 fully saturated rings. The van der Waals surface area contributed by atoms with Gasteiger partial charge in [0.25, 0.3) is 0 Å². The first-order valence-corrected chi connectivity index (χ1v) is 15.3. The average Bonchev–Trinajstić information content (AvgIpc) is 2.90. The fraction of sp³-hybridized carbons (Fsp3) is 0.240. The van der Waals surface area contributed by atoms with Crippen molar-refractivity contribution in [3.8, 4) is 17.0 Å². The number of ether oxygens (including phenoxy) is 1. The first-order valence-electron chi connectivity index (χ1n) is 12.2. The van der Waals surface area contributed by atoms with Crippen molar-refractivity contribution >= 4 is 42.8 Å². The lowest BCUT2D eigenvalue weighted by atomic mass is 10.1. The number of hydrogen-bond acceptors (Lipinski definition) is 10. The van der Waals surface area contributed by atoms with Crippen molar-refractivity contribution in [2.75, 3.05) is 23.8 Å². The van der Waals surface area contributed by atoms with Gasteiger partial charge in [0.2, 0.25) is 26.0 Å². The number of aromatic nitrogens is 3. The second kappa shape index (κ2) is 11.7. The predicted molar refractivity (Wildman–Crippen MR) is 150 cm³/mol. The molecule has 0 amide bonds. The topological polar surface area (TPSA) is 192 Å². The number of sulfonamides is 2. The quantitative estimate of drug-likeness (QED) is 0.203. The highest BCUT2D eigenvalue weighted by atomic mass is 32.2. The molecule has 0 aliphatic carbocycles. The number of alkyl halides is 3. The Kier molecular flexibility index (Phi) is 8.58. The van der Waals surface area contributed by atoms with E-state index in [1.54, 1.807) is 13.8 Å². The lowest BCUT2D eigenvalue weighted by molar-refractivity contribution is -0.115. The van der Waals surface area contributed by atoms with E-state index in [9.17, 15) is 30.0 Å². The van der Waals surface area contributed by atoms with Crippen molar-refractivity contribution < 1.29 is 34.7 Å². The van der Waals surface area contributed by atoms with Crippen molar-refractivity contribution in [2.24, 2.45) is 10.3 Å². The highest BCUT2D eigenvalue weighted by Crippen LogP contribution is 2.31. The molecule has 0 spiro atoms. The van der Waals surface area contributed by atoms with Crippen molar-refractivity contribution in [1.82, 2.24) is 15.0 Å². The molecule has 2 aromatic carbocycles. The lowest BCUT2D eigenvalue weighted by Crippen LogP contribution is -2.22. The molecule has 0 bridgehead atoms. The number of primary sulfonamides is 2. The predicted octanol–water partition coefficient (Wildman–Crippen LogP) is 3.53. The standard InChI is InChI=1S/C25H26F3N7O5S2/c1-3-40-20-11-6-16(12-21(20)42(30,38)39)18-9-10-19-22(33-18)23(31-13-25(26,27)28)35-24(34-19)32-14(2)15-4-7-17(8-5-15)41(29,36)37/h4-12,14H,3,13H2,1-2H3,(H2,29,36,37)(H2,30,38,39)(H2,31,32,34,35). The molecule has 0 saturated heterocycles. The molecule has 2 heterocycles. The van der Waals surface area contributed by atoms with Gasteiger partial charge in [-0.15, -0.1) is 0 Å². The number of nitrogens with two attached hydrogens (primary N) is 2. The minimum Gasteiger partial charge on any atom is -0.492 e. The van der Waals surface area contributed by atoms with E-state index in [-0.39, 0.29) is 50.6 Å². The molecule has 4 rings (SSSR count). The Bertz CT molecular complexity index is 1840. The molecule has 17 heteroatoms. The molecule has 0 radical (unpaired) electrons. The van der Waals surface area contributed by atoms with Gasteiger partial charge in [-0.3, -0.25) is 0 Å². The molecule has 6 N–H and O–H groups in total. The molecule has 0 saturated carbocycles. The molecule has 1 atom stereocenters. The van der Waals surface area contributed by atoms with Crippen molar-refractivity contribution in [3.05, 3.63) is 60.2 Å². The van der Waals surface area contributed by atoms with E-state index in [0.29, 0.717) is 11.1 Å². The van der Waals surface area contributed by atoms with Crippen molar-refractivity contribution in [1.29, 1.82) is 0 Å². The van der Waals surface area contributed by atoms with Gasteiger partial charge in [-0.05, 0) is 61.9 Å². The van der Waals surface area contributed by atoms with Gasteiger partial charge in [-0.25, -0.2) is 37.1 Å². The van der Waals surface area contributed by atoms with Gasteiger partial charge in [0.15, 0.2) is 5.82 Å². The van der Waals surface area contributed by atoms with Gasteiger partial charge < -0.3 is 15.4 Å². The Hall–Kier alpha value is -4.06. The third-order valence-corrected chi connectivity index (χ3v) is 7.76. The normalized spacial score (nSPS) is 13.1. The molecular formula is C25H26F3N7O5S2. The van der Waals surface area contributed by atoms with E-state index in [2.05, 4.69) is 25.6 Å². The molecule has 4 aromatic rings. The fourth-order valence-corrected chi connectivity index (χ4v) is 5.15. The monoisotopic (exact) mass is 625 g/mol. The Morgan fingerprint density at radius 3 is 2.21 bits per heavy atom. The summed E-state index contributed by atoms with van der Waals surface area (Å²) in [5.41, 5.74) is 1.35. The van der Waals surface area contributed by atoms with Gasteiger partial charge >= 0.3 is 6.18 Å². The van der Waals surface area contributed by atoms with Crippen LogP contribution in [0, 0.1) is 0 Å². The molecule has 2 aromatic heterocycles. The zero-order valence-corrected chi connectivity index (χ0v) is 23.8. The van der Waals surface area contributed by atoms with Gasteiger partial charge in [-0.2, -0.15) is 18.2 Å². The number of pyridine rings is 1. The first-order chi connectivity index (χ1) is 19.5. The van der Waals surface area contributed by atoms with Crippen LogP contribution in [0.15, 0.2) is 64.4 Å². The maximum Gasteiger partial charge on any atom is 0.405 e. The number of benzene rings is 2. The maximum atomic E-state index is 13.1. The van der Waals surface area contributed by atoms with Crippen LogP contribution in [0.2, 0.25) is 0 Å². The molecule has 0 aliphatic heterocycles. The largest absolute Gasteiger partial charge is 0.492 e. The van der Waals surface area contributed by atoms with Crippen LogP contribution < -0.4 is 25.6 Å². The minimum atomic E-state index is -4.57. The number of hydrogen-bond donors (Lipinski definition) is 4. The summed E-state index contributed by atoms with van der Waals surface area (Å²) in [6, 6.07) is 12.5. The summed E-state index contributed by atoms with van der Waals surface area (Å²) >= 11 is 0. The molecular weight excluding hydrogens is 599 g/mol. The SMILES string of the molecule is CCOc1ccc(-c2ccc3nc(NC(C)c4ccc(S(N)(=O)=O)cc4)nc(NCC(F)(F)F)c3n2)cc1S(N)(=O)=O. The first kappa shape index (κ1) is 30.9. The van der Waals surface area contributed by atoms with Crippen LogP contribution in [0.3, 0.4) is 0 Å². The zero-order chi connectivity index (χ0) is 30.9. The number of nitrogens with zero attached hydrogens (tertiary/aromatic N) is 3. The van der Waals surface area contributed by atoms with Crippen LogP contribution in [0.25, 0.3) is 22.3 Å². The molecule has 12 nitrogen and oxygen atoms in total. The summed E-state index contributed by atoms with van der Waals surface area (Å²) in [4.78, 5) is 12.7. The average molecular weight is 626 g/mol. The van der Waals surface area contributed by atoms with E-state index in [0.717, 1.165) is 0 Å². The summed E-state index contributed by atoms with van der Waals surface area (Å²) in [6.45, 7) is 2.18. The summed E-state index contributed by atoms with van der Waals surface area (Å²) in [5, 5.41) is 15.7. The Labute approximate surface area is 239 Å². The number of nitrogens with one attached hydrogen (secondary N) is 2. The number of anilines is 2. The summed E-state index contributed by atoms with van der Waals surface area (Å²) in [7, 11) is -8.06. The summed E-state index contributed by atoms with van der Waals surface area (Å²) in [5.74, 6) is -0.206. The summed E-state index contributed by atoms with van der Waals surface area (Å²) < 4.78 is 92.0. The second-order valence-corrected chi connectivity index (χ2v) is 12.1. The van der Waals surface area contributed by atoms with Crippen LogP contribution >= 0.6 is 0 Å². The Morgan fingerprint density at radius 2 is 1.62 bits per heavy atom. The van der Waals surface area contributed by atoms with Gasteiger partial charge in [0, 0.05) is 5.56 Å². The molecule has 0 aliphatic rings. The van der Waals surface area contributed by atoms with E-state index in [1.807, 2.05) is 0 Å².